The minimum atomic E-state index is -0.621. The van der Waals surface area contributed by atoms with Crippen molar-refractivity contribution < 1.29 is 9.84 Å². The van der Waals surface area contributed by atoms with Gasteiger partial charge in [-0.25, -0.2) is 0 Å². The van der Waals surface area contributed by atoms with Crippen molar-refractivity contribution in [3.63, 3.8) is 0 Å². The predicted octanol–water partition coefficient (Wildman–Crippen LogP) is 4.05. The highest BCUT2D eigenvalue weighted by atomic mass is 16.5. The second-order valence-electron chi connectivity index (χ2n) is 5.67. The van der Waals surface area contributed by atoms with Gasteiger partial charge in [-0.05, 0) is 48.4 Å². The third kappa shape index (κ3) is 2.96. The first-order chi connectivity index (χ1) is 10.3. The smallest absolute Gasteiger partial charge is 0.125 e. The Kier molecular flexibility index (Phi) is 4.26. The molecular formula is C19H22O2. The number of rotatable bonds is 5. The number of ether oxygens (including phenoxy) is 1. The Morgan fingerprint density at radius 3 is 2.76 bits per heavy atom. The second-order valence-corrected chi connectivity index (χ2v) is 5.67. The van der Waals surface area contributed by atoms with Crippen molar-refractivity contribution >= 4 is 0 Å². The summed E-state index contributed by atoms with van der Waals surface area (Å²) in [6.07, 6.45) is 3.86. The number of aliphatic hydroxyl groups excluding tert-OH is 1. The molecule has 0 saturated heterocycles. The Morgan fingerprint density at radius 1 is 1.10 bits per heavy atom. The maximum absolute atomic E-state index is 10.7. The van der Waals surface area contributed by atoms with Gasteiger partial charge in [-0.15, -0.1) is 0 Å². The highest BCUT2D eigenvalue weighted by Crippen LogP contribution is 2.32. The molecule has 0 radical (unpaired) electrons. The number of aryl methyl sites for hydroxylation is 2. The standard InChI is InChI=1S/C19H22O2/c1-2-12-21-18-9-4-3-8-17(18)19(20)16-11-10-14-6-5-7-15(14)13-16/h3-4,8-11,13,19-20H,2,5-7,12H2,1H3. The lowest BCUT2D eigenvalue weighted by molar-refractivity contribution is 0.210. The predicted molar refractivity (Wildman–Crippen MR) is 84.8 cm³/mol. The van der Waals surface area contributed by atoms with Gasteiger partial charge < -0.3 is 9.84 Å². The summed E-state index contributed by atoms with van der Waals surface area (Å²) < 4.78 is 5.76. The average Bonchev–Trinajstić information content (AvgIpc) is 3.00. The van der Waals surface area contributed by atoms with E-state index in [-0.39, 0.29) is 0 Å². The normalized spacial score (nSPS) is 14.8. The van der Waals surface area contributed by atoms with E-state index in [1.165, 1.54) is 24.0 Å². The van der Waals surface area contributed by atoms with Gasteiger partial charge in [0.2, 0.25) is 0 Å². The van der Waals surface area contributed by atoms with E-state index in [9.17, 15) is 5.11 Å². The lowest BCUT2D eigenvalue weighted by Crippen LogP contribution is -2.05. The lowest BCUT2D eigenvalue weighted by atomic mass is 9.97. The fourth-order valence-corrected chi connectivity index (χ4v) is 2.99. The summed E-state index contributed by atoms with van der Waals surface area (Å²) in [7, 11) is 0. The van der Waals surface area contributed by atoms with Gasteiger partial charge in [-0.3, -0.25) is 0 Å². The third-order valence-corrected chi connectivity index (χ3v) is 4.11. The molecule has 0 aromatic heterocycles. The van der Waals surface area contributed by atoms with Gasteiger partial charge in [-0.1, -0.05) is 43.3 Å². The summed E-state index contributed by atoms with van der Waals surface area (Å²) in [6, 6.07) is 14.1. The van der Waals surface area contributed by atoms with E-state index in [0.29, 0.717) is 6.61 Å². The fraction of sp³-hybridized carbons (Fsp3) is 0.368. The minimum absolute atomic E-state index is 0.621. The molecule has 1 N–H and O–H groups in total. The van der Waals surface area contributed by atoms with E-state index in [0.717, 1.165) is 29.7 Å². The molecule has 1 atom stereocenters. The third-order valence-electron chi connectivity index (χ3n) is 4.11. The summed E-state index contributed by atoms with van der Waals surface area (Å²) in [5.41, 5.74) is 4.63. The zero-order valence-electron chi connectivity index (χ0n) is 12.5. The molecule has 1 unspecified atom stereocenters. The summed E-state index contributed by atoms with van der Waals surface area (Å²) in [5.74, 6) is 0.785. The van der Waals surface area contributed by atoms with Crippen LogP contribution in [0.4, 0.5) is 0 Å². The van der Waals surface area contributed by atoms with E-state index in [1.54, 1.807) is 0 Å². The Morgan fingerprint density at radius 2 is 1.90 bits per heavy atom. The molecule has 2 nitrogen and oxygen atoms in total. The van der Waals surface area contributed by atoms with Crippen LogP contribution >= 0.6 is 0 Å². The number of benzene rings is 2. The van der Waals surface area contributed by atoms with Gasteiger partial charge in [0.1, 0.15) is 11.9 Å². The van der Waals surface area contributed by atoms with Crippen molar-refractivity contribution in [1.82, 2.24) is 0 Å². The van der Waals surface area contributed by atoms with E-state index in [1.807, 2.05) is 30.3 Å². The van der Waals surface area contributed by atoms with Crippen molar-refractivity contribution in [2.45, 2.75) is 38.7 Å². The monoisotopic (exact) mass is 282 g/mol. The molecule has 3 rings (SSSR count). The van der Waals surface area contributed by atoms with E-state index < -0.39 is 6.10 Å². The first kappa shape index (κ1) is 14.2. The van der Waals surface area contributed by atoms with Gasteiger partial charge in [0.25, 0.3) is 0 Å². The summed E-state index contributed by atoms with van der Waals surface area (Å²) >= 11 is 0. The van der Waals surface area contributed by atoms with Crippen LogP contribution in [0, 0.1) is 0 Å². The molecule has 0 fully saturated rings. The van der Waals surface area contributed by atoms with Crippen LogP contribution in [0.2, 0.25) is 0 Å². The van der Waals surface area contributed by atoms with Crippen LogP contribution in [0.15, 0.2) is 42.5 Å². The van der Waals surface area contributed by atoms with Crippen LogP contribution in [0.5, 0.6) is 5.75 Å². The lowest BCUT2D eigenvalue weighted by Gasteiger charge is -2.17. The molecule has 0 spiro atoms. The number of aliphatic hydroxyl groups is 1. The summed E-state index contributed by atoms with van der Waals surface area (Å²) in [4.78, 5) is 0. The molecule has 110 valence electrons. The van der Waals surface area contributed by atoms with Gasteiger partial charge in [0.15, 0.2) is 0 Å². The number of para-hydroxylation sites is 1. The number of fused-ring (bicyclic) bond motifs is 1. The zero-order chi connectivity index (χ0) is 14.7. The van der Waals surface area contributed by atoms with Crippen molar-refractivity contribution in [2.75, 3.05) is 6.61 Å². The molecule has 0 heterocycles. The van der Waals surface area contributed by atoms with Gasteiger partial charge in [-0.2, -0.15) is 0 Å². The summed E-state index contributed by atoms with van der Waals surface area (Å²) in [6.45, 7) is 2.76. The van der Waals surface area contributed by atoms with Crippen LogP contribution in [-0.2, 0) is 12.8 Å². The zero-order valence-corrected chi connectivity index (χ0v) is 12.5. The molecule has 2 aromatic carbocycles. The van der Waals surface area contributed by atoms with Crippen molar-refractivity contribution in [1.29, 1.82) is 0 Å². The van der Waals surface area contributed by atoms with E-state index >= 15 is 0 Å². The molecule has 1 aliphatic rings. The first-order valence-corrected chi connectivity index (χ1v) is 7.81. The molecule has 0 aliphatic heterocycles. The second kappa shape index (κ2) is 6.31. The average molecular weight is 282 g/mol. The van der Waals surface area contributed by atoms with Crippen LogP contribution in [0.1, 0.15) is 48.1 Å². The van der Waals surface area contributed by atoms with Crippen LogP contribution in [0.3, 0.4) is 0 Å². The largest absolute Gasteiger partial charge is 0.493 e. The Balaban J connectivity index is 1.89. The number of hydrogen-bond acceptors (Lipinski definition) is 2. The molecule has 21 heavy (non-hydrogen) atoms. The highest BCUT2D eigenvalue weighted by Gasteiger charge is 2.18. The Bertz CT molecular complexity index is 619. The molecule has 0 bridgehead atoms. The number of hydrogen-bond donors (Lipinski definition) is 1. The molecule has 0 saturated carbocycles. The van der Waals surface area contributed by atoms with Gasteiger partial charge in [0, 0.05) is 5.56 Å². The molecule has 2 aromatic rings. The SMILES string of the molecule is CCCOc1ccccc1C(O)c1ccc2c(c1)CCC2. The first-order valence-electron chi connectivity index (χ1n) is 7.81. The maximum atomic E-state index is 10.7. The van der Waals surface area contributed by atoms with E-state index in [2.05, 4.69) is 19.1 Å². The summed E-state index contributed by atoms with van der Waals surface area (Å²) in [5, 5.41) is 10.7. The molecule has 1 aliphatic carbocycles. The maximum Gasteiger partial charge on any atom is 0.125 e. The fourth-order valence-electron chi connectivity index (χ4n) is 2.99. The molecular weight excluding hydrogens is 260 g/mol. The Hall–Kier alpha value is -1.80. The van der Waals surface area contributed by atoms with Crippen molar-refractivity contribution in [3.8, 4) is 5.75 Å². The highest BCUT2D eigenvalue weighted by molar-refractivity contribution is 5.43. The van der Waals surface area contributed by atoms with Gasteiger partial charge >= 0.3 is 0 Å². The van der Waals surface area contributed by atoms with Crippen LogP contribution < -0.4 is 4.74 Å². The molecule has 0 amide bonds. The van der Waals surface area contributed by atoms with Crippen LogP contribution in [0.25, 0.3) is 0 Å². The van der Waals surface area contributed by atoms with E-state index in [4.69, 9.17) is 4.74 Å². The Labute approximate surface area is 126 Å². The van der Waals surface area contributed by atoms with Crippen LogP contribution in [-0.4, -0.2) is 11.7 Å². The molecule has 2 heteroatoms. The van der Waals surface area contributed by atoms with Crippen molar-refractivity contribution in [2.24, 2.45) is 0 Å². The van der Waals surface area contributed by atoms with Gasteiger partial charge in [0.05, 0.1) is 6.61 Å². The minimum Gasteiger partial charge on any atom is -0.493 e. The van der Waals surface area contributed by atoms with Crippen molar-refractivity contribution in [3.05, 3.63) is 64.7 Å². The topological polar surface area (TPSA) is 29.5 Å². The quantitative estimate of drug-likeness (QED) is 0.896.